The van der Waals surface area contributed by atoms with Crippen LogP contribution in [0.1, 0.15) is 37.4 Å². The van der Waals surface area contributed by atoms with E-state index >= 15 is 0 Å². The van der Waals surface area contributed by atoms with Crippen LogP contribution >= 0.6 is 0 Å². The van der Waals surface area contributed by atoms with E-state index in [2.05, 4.69) is 20.4 Å². The van der Waals surface area contributed by atoms with Crippen molar-refractivity contribution in [1.82, 2.24) is 29.5 Å². The van der Waals surface area contributed by atoms with Gasteiger partial charge in [0.2, 0.25) is 0 Å². The summed E-state index contributed by atoms with van der Waals surface area (Å²) in [5.41, 5.74) is 1.29. The van der Waals surface area contributed by atoms with E-state index in [-0.39, 0.29) is 31.0 Å². The number of aliphatic hydroxyl groups is 2. The Kier molecular flexibility index (Phi) is 7.21. The van der Waals surface area contributed by atoms with Gasteiger partial charge in [-0.25, -0.2) is 9.97 Å². The predicted octanol–water partition coefficient (Wildman–Crippen LogP) is 3.67. The van der Waals surface area contributed by atoms with Crippen molar-refractivity contribution in [2.75, 3.05) is 19.0 Å². The van der Waals surface area contributed by atoms with Crippen molar-refractivity contribution in [2.24, 2.45) is 0 Å². The van der Waals surface area contributed by atoms with Crippen molar-refractivity contribution >= 4 is 16.7 Å². The van der Waals surface area contributed by atoms with E-state index in [0.717, 1.165) is 22.7 Å². The second-order valence-corrected chi connectivity index (χ2v) is 9.31. The summed E-state index contributed by atoms with van der Waals surface area (Å²) in [4.78, 5) is 7.92. The fourth-order valence-corrected chi connectivity index (χ4v) is 4.81. The van der Waals surface area contributed by atoms with E-state index in [9.17, 15) is 18.3 Å². The van der Waals surface area contributed by atoms with E-state index in [1.165, 1.54) is 12.1 Å². The molecule has 0 saturated heterocycles. The van der Waals surface area contributed by atoms with Gasteiger partial charge in [0, 0.05) is 42.7 Å². The van der Waals surface area contributed by atoms with Crippen LogP contribution in [0, 0.1) is 0 Å². The minimum Gasteiger partial charge on any atom is -0.488 e. The number of aliphatic hydroxyl groups excluding tert-OH is 2. The highest BCUT2D eigenvalue weighted by molar-refractivity contribution is 5.93. The standard InChI is InChI=1S/C25H28F3N7O3/c1-29-22-9-20-19(11-31-22)23(15-10-32-34(12-15)13-17(37)14-36)33-35(20)16-4-6-18(7-5-16)38-21-3-2-8-30-24(21)25(26,27)28/h2-3,8-12,16-18,36-37H,4-7,13-14H2,1H3,(H,29,31)/t16-,17-,18+/m0/s1. The minimum absolute atomic E-state index is 0.0143. The maximum atomic E-state index is 13.3. The third kappa shape index (κ3) is 5.29. The number of anilines is 1. The molecule has 0 spiro atoms. The Morgan fingerprint density at radius 3 is 2.68 bits per heavy atom. The molecule has 0 unspecified atom stereocenters. The highest BCUT2D eigenvalue weighted by Gasteiger charge is 2.37. The average Bonchev–Trinajstić information content (AvgIpc) is 3.53. The highest BCUT2D eigenvalue weighted by atomic mass is 19.4. The van der Waals surface area contributed by atoms with Crippen LogP contribution in [0.15, 0.2) is 43.0 Å². The second kappa shape index (κ2) is 10.6. The number of fused-ring (bicyclic) bond motifs is 1. The van der Waals surface area contributed by atoms with Crippen LogP contribution in [-0.4, -0.2) is 65.6 Å². The van der Waals surface area contributed by atoms with Gasteiger partial charge in [0.15, 0.2) is 11.4 Å². The SMILES string of the molecule is CNc1cc2c(cn1)c(-c1cnn(C[C@H](O)CO)c1)nn2[C@H]1CC[C@@H](Oc2cccnc2C(F)(F)F)CC1. The molecular weight excluding hydrogens is 503 g/mol. The lowest BCUT2D eigenvalue weighted by atomic mass is 9.93. The summed E-state index contributed by atoms with van der Waals surface area (Å²) in [6.07, 6.45) is 2.87. The number of rotatable bonds is 8. The van der Waals surface area contributed by atoms with Gasteiger partial charge in [-0.05, 0) is 37.8 Å². The highest BCUT2D eigenvalue weighted by Crippen LogP contribution is 2.39. The molecule has 1 aliphatic carbocycles. The first-order valence-corrected chi connectivity index (χ1v) is 12.3. The Labute approximate surface area is 216 Å². The lowest BCUT2D eigenvalue weighted by molar-refractivity contribution is -0.143. The van der Waals surface area contributed by atoms with Crippen molar-refractivity contribution in [2.45, 2.75) is 56.7 Å². The van der Waals surface area contributed by atoms with Gasteiger partial charge in [0.25, 0.3) is 0 Å². The third-order valence-corrected chi connectivity index (χ3v) is 6.69. The monoisotopic (exact) mass is 531 g/mol. The molecule has 5 rings (SSSR count). The van der Waals surface area contributed by atoms with E-state index in [1.54, 1.807) is 30.3 Å². The van der Waals surface area contributed by atoms with E-state index in [1.807, 2.05) is 10.7 Å². The van der Waals surface area contributed by atoms with Gasteiger partial charge in [-0.1, -0.05) is 0 Å². The Hall–Kier alpha value is -3.71. The zero-order valence-corrected chi connectivity index (χ0v) is 20.6. The Morgan fingerprint density at radius 2 is 1.97 bits per heavy atom. The molecule has 13 heteroatoms. The normalized spacial score (nSPS) is 19.0. The van der Waals surface area contributed by atoms with Gasteiger partial charge in [0.05, 0.1) is 43.1 Å². The quantitative estimate of drug-likeness (QED) is 0.315. The van der Waals surface area contributed by atoms with Crippen molar-refractivity contribution in [3.05, 3.63) is 48.7 Å². The molecule has 1 fully saturated rings. The molecule has 38 heavy (non-hydrogen) atoms. The number of halogens is 3. The number of ether oxygens (including phenoxy) is 1. The summed E-state index contributed by atoms with van der Waals surface area (Å²) in [5, 5.41) is 31.9. The van der Waals surface area contributed by atoms with Gasteiger partial charge in [0.1, 0.15) is 11.5 Å². The van der Waals surface area contributed by atoms with Gasteiger partial charge in [-0.15, -0.1) is 0 Å². The van der Waals surface area contributed by atoms with Gasteiger partial charge >= 0.3 is 6.18 Å². The summed E-state index contributed by atoms with van der Waals surface area (Å²) in [6.45, 7) is -0.220. The molecule has 0 bridgehead atoms. The number of alkyl halides is 3. The summed E-state index contributed by atoms with van der Waals surface area (Å²) in [7, 11) is 1.78. The first-order chi connectivity index (χ1) is 18.3. The van der Waals surface area contributed by atoms with Crippen LogP contribution in [-0.2, 0) is 12.7 Å². The number of hydrogen-bond acceptors (Lipinski definition) is 8. The molecule has 0 radical (unpaired) electrons. The maximum Gasteiger partial charge on any atom is 0.437 e. The summed E-state index contributed by atoms with van der Waals surface area (Å²) < 4.78 is 49.2. The van der Waals surface area contributed by atoms with Crippen LogP contribution in [0.4, 0.5) is 19.0 Å². The fourth-order valence-electron chi connectivity index (χ4n) is 4.81. The molecule has 1 saturated carbocycles. The molecule has 0 aliphatic heterocycles. The first kappa shape index (κ1) is 25.9. The van der Waals surface area contributed by atoms with Crippen molar-refractivity contribution in [1.29, 1.82) is 0 Å². The van der Waals surface area contributed by atoms with Crippen LogP contribution in [0.2, 0.25) is 0 Å². The molecule has 202 valence electrons. The molecule has 4 aromatic heterocycles. The number of nitrogens with zero attached hydrogens (tertiary/aromatic N) is 6. The number of nitrogens with one attached hydrogen (secondary N) is 1. The molecule has 0 aromatic carbocycles. The largest absolute Gasteiger partial charge is 0.488 e. The first-order valence-electron chi connectivity index (χ1n) is 12.3. The summed E-state index contributed by atoms with van der Waals surface area (Å²) in [6, 6.07) is 4.68. The predicted molar refractivity (Wildman–Crippen MR) is 133 cm³/mol. The van der Waals surface area contributed by atoms with Gasteiger partial charge in [-0.2, -0.15) is 23.4 Å². The number of aromatic nitrogens is 6. The van der Waals surface area contributed by atoms with E-state index in [0.29, 0.717) is 37.2 Å². The van der Waals surface area contributed by atoms with Crippen molar-refractivity contribution in [3.8, 4) is 17.0 Å². The van der Waals surface area contributed by atoms with E-state index in [4.69, 9.17) is 14.9 Å². The van der Waals surface area contributed by atoms with Gasteiger partial charge in [-0.3, -0.25) is 9.36 Å². The van der Waals surface area contributed by atoms with Crippen molar-refractivity contribution < 1.29 is 28.1 Å². The van der Waals surface area contributed by atoms with Crippen LogP contribution in [0.5, 0.6) is 5.75 Å². The zero-order chi connectivity index (χ0) is 26.9. The minimum atomic E-state index is -4.58. The van der Waals surface area contributed by atoms with Gasteiger partial charge < -0.3 is 20.3 Å². The molecule has 4 aromatic rings. The molecule has 1 aliphatic rings. The molecule has 10 nitrogen and oxygen atoms in total. The second-order valence-electron chi connectivity index (χ2n) is 9.31. The number of hydrogen-bond donors (Lipinski definition) is 3. The lowest BCUT2D eigenvalue weighted by Gasteiger charge is -2.30. The van der Waals surface area contributed by atoms with Crippen LogP contribution in [0.25, 0.3) is 22.2 Å². The van der Waals surface area contributed by atoms with E-state index < -0.39 is 18.0 Å². The molecule has 3 N–H and O–H groups in total. The Morgan fingerprint density at radius 1 is 1.18 bits per heavy atom. The smallest absolute Gasteiger partial charge is 0.437 e. The third-order valence-electron chi connectivity index (χ3n) is 6.69. The average molecular weight is 532 g/mol. The lowest BCUT2D eigenvalue weighted by Crippen LogP contribution is -2.27. The van der Waals surface area contributed by atoms with Crippen LogP contribution < -0.4 is 10.1 Å². The molecule has 0 amide bonds. The molecular formula is C25H28F3N7O3. The maximum absolute atomic E-state index is 13.3. The Bertz CT molecular complexity index is 1400. The van der Waals surface area contributed by atoms with Crippen LogP contribution in [0.3, 0.4) is 0 Å². The van der Waals surface area contributed by atoms with Crippen molar-refractivity contribution in [3.63, 3.8) is 0 Å². The molecule has 4 heterocycles. The number of pyridine rings is 2. The Balaban J connectivity index is 1.38. The topological polar surface area (TPSA) is 123 Å². The fraction of sp³-hybridized carbons (Fsp3) is 0.440. The zero-order valence-electron chi connectivity index (χ0n) is 20.6. The summed E-state index contributed by atoms with van der Waals surface area (Å²) >= 11 is 0. The molecule has 1 atom stereocenters. The summed E-state index contributed by atoms with van der Waals surface area (Å²) in [5.74, 6) is 0.434.